The zero-order chi connectivity index (χ0) is 10.6. The Balaban J connectivity index is 3.06. The zero-order valence-electron chi connectivity index (χ0n) is 8.32. The summed E-state index contributed by atoms with van der Waals surface area (Å²) in [5.41, 5.74) is 0.738. The molecule has 0 fully saturated rings. The van der Waals surface area contributed by atoms with Gasteiger partial charge in [0, 0.05) is 12.7 Å². The molecule has 0 aliphatic rings. The second-order valence-electron chi connectivity index (χ2n) is 2.92. The quantitative estimate of drug-likeness (QED) is 0.797. The molecule has 14 heavy (non-hydrogen) atoms. The van der Waals surface area contributed by atoms with E-state index in [1.165, 1.54) is 12.3 Å². The molecule has 1 rings (SSSR count). The maximum absolute atomic E-state index is 11.5. The van der Waals surface area contributed by atoms with E-state index in [4.69, 9.17) is 0 Å². The fourth-order valence-corrected chi connectivity index (χ4v) is 2.01. The Bertz CT molecular complexity index is 401. The lowest BCUT2D eigenvalue weighted by Gasteiger charge is -2.03. The van der Waals surface area contributed by atoms with E-state index in [1.807, 2.05) is 0 Å². The van der Waals surface area contributed by atoms with E-state index in [0.29, 0.717) is 11.4 Å². The van der Waals surface area contributed by atoms with Crippen LogP contribution in [0.4, 0.5) is 0 Å². The Kier molecular flexibility index (Phi) is 3.60. The van der Waals surface area contributed by atoms with E-state index in [2.05, 4.69) is 10.3 Å². The average Bonchev–Trinajstić information content (AvgIpc) is 2.19. The second kappa shape index (κ2) is 4.52. The Labute approximate surface area is 84.3 Å². The molecule has 0 saturated heterocycles. The van der Waals surface area contributed by atoms with E-state index in [-0.39, 0.29) is 5.75 Å². The van der Waals surface area contributed by atoms with Gasteiger partial charge in [-0.25, -0.2) is 8.42 Å². The fraction of sp³-hybridized carbons (Fsp3) is 0.444. The topological polar surface area (TPSA) is 59.1 Å². The van der Waals surface area contributed by atoms with Gasteiger partial charge in [0.15, 0.2) is 9.84 Å². The first-order chi connectivity index (χ1) is 6.60. The highest BCUT2D eigenvalue weighted by atomic mass is 32.2. The molecule has 0 aliphatic heterocycles. The molecular weight excluding hydrogens is 200 g/mol. The van der Waals surface area contributed by atoms with Crippen LogP contribution in [0.25, 0.3) is 0 Å². The summed E-state index contributed by atoms with van der Waals surface area (Å²) in [6.07, 6.45) is 1.52. The highest BCUT2D eigenvalue weighted by Gasteiger charge is 2.11. The lowest BCUT2D eigenvalue weighted by atomic mass is 10.3. The van der Waals surface area contributed by atoms with Gasteiger partial charge in [-0.05, 0) is 19.2 Å². The summed E-state index contributed by atoms with van der Waals surface area (Å²) in [4.78, 5) is 4.40. The van der Waals surface area contributed by atoms with Gasteiger partial charge >= 0.3 is 0 Å². The molecule has 0 bridgehead atoms. The summed E-state index contributed by atoms with van der Waals surface area (Å²) in [7, 11) is -1.31. The molecule has 0 radical (unpaired) electrons. The van der Waals surface area contributed by atoms with Crippen molar-refractivity contribution >= 4 is 9.84 Å². The average molecular weight is 214 g/mol. The SMILES string of the molecule is CCS(=O)(=O)c1ccnc(CNC)c1. The van der Waals surface area contributed by atoms with Crippen molar-refractivity contribution in [2.24, 2.45) is 0 Å². The Morgan fingerprint density at radius 1 is 1.50 bits per heavy atom. The molecule has 5 heteroatoms. The highest BCUT2D eigenvalue weighted by Crippen LogP contribution is 2.10. The number of nitrogens with zero attached hydrogens (tertiary/aromatic N) is 1. The van der Waals surface area contributed by atoms with E-state index in [1.54, 1.807) is 20.0 Å². The van der Waals surface area contributed by atoms with Gasteiger partial charge in [0.1, 0.15) is 0 Å². The van der Waals surface area contributed by atoms with E-state index >= 15 is 0 Å². The number of sulfone groups is 1. The standard InChI is InChI=1S/C9H14N2O2S/c1-3-14(12,13)9-4-5-11-8(6-9)7-10-2/h4-6,10H,3,7H2,1-2H3. The predicted octanol–water partition coefficient (Wildman–Crippen LogP) is 0.595. The van der Waals surface area contributed by atoms with Crippen molar-refractivity contribution in [1.29, 1.82) is 0 Å². The van der Waals surface area contributed by atoms with Crippen LogP contribution < -0.4 is 5.32 Å². The number of aromatic nitrogens is 1. The van der Waals surface area contributed by atoms with Crippen LogP contribution in [0.5, 0.6) is 0 Å². The Morgan fingerprint density at radius 3 is 2.79 bits per heavy atom. The molecule has 0 aromatic carbocycles. The fourth-order valence-electron chi connectivity index (χ4n) is 1.09. The minimum Gasteiger partial charge on any atom is -0.314 e. The molecule has 0 unspecified atom stereocenters. The van der Waals surface area contributed by atoms with Gasteiger partial charge in [0.2, 0.25) is 0 Å². The zero-order valence-corrected chi connectivity index (χ0v) is 9.13. The first-order valence-electron chi connectivity index (χ1n) is 4.42. The van der Waals surface area contributed by atoms with Crippen LogP contribution in [-0.2, 0) is 16.4 Å². The largest absolute Gasteiger partial charge is 0.314 e. The van der Waals surface area contributed by atoms with Gasteiger partial charge in [-0.3, -0.25) is 4.98 Å². The number of hydrogen-bond donors (Lipinski definition) is 1. The Hall–Kier alpha value is -0.940. The maximum atomic E-state index is 11.5. The van der Waals surface area contributed by atoms with Crippen LogP contribution in [-0.4, -0.2) is 26.2 Å². The molecule has 0 saturated carbocycles. The van der Waals surface area contributed by atoms with Crippen LogP contribution in [0.1, 0.15) is 12.6 Å². The molecule has 0 amide bonds. The molecule has 1 aromatic rings. The molecule has 1 heterocycles. The predicted molar refractivity (Wildman–Crippen MR) is 54.7 cm³/mol. The van der Waals surface area contributed by atoms with Crippen LogP contribution in [0, 0.1) is 0 Å². The summed E-state index contributed by atoms with van der Waals surface area (Å²) in [6, 6.07) is 3.13. The van der Waals surface area contributed by atoms with Gasteiger partial charge in [-0.15, -0.1) is 0 Å². The summed E-state index contributed by atoms with van der Waals surface area (Å²) in [6.45, 7) is 2.21. The van der Waals surface area contributed by atoms with Crippen LogP contribution in [0.3, 0.4) is 0 Å². The number of nitrogens with one attached hydrogen (secondary N) is 1. The Morgan fingerprint density at radius 2 is 2.21 bits per heavy atom. The first-order valence-corrected chi connectivity index (χ1v) is 6.07. The number of hydrogen-bond acceptors (Lipinski definition) is 4. The first kappa shape index (κ1) is 11.1. The van der Waals surface area contributed by atoms with E-state index in [9.17, 15) is 8.42 Å². The second-order valence-corrected chi connectivity index (χ2v) is 5.19. The van der Waals surface area contributed by atoms with Gasteiger partial charge < -0.3 is 5.32 Å². The molecule has 4 nitrogen and oxygen atoms in total. The summed E-state index contributed by atoms with van der Waals surface area (Å²) in [5.74, 6) is 0.121. The smallest absolute Gasteiger partial charge is 0.178 e. The van der Waals surface area contributed by atoms with Gasteiger partial charge in [-0.2, -0.15) is 0 Å². The molecule has 78 valence electrons. The van der Waals surface area contributed by atoms with Crippen molar-refractivity contribution in [3.05, 3.63) is 24.0 Å². The van der Waals surface area contributed by atoms with E-state index < -0.39 is 9.84 Å². The van der Waals surface area contributed by atoms with Crippen molar-refractivity contribution < 1.29 is 8.42 Å². The monoisotopic (exact) mass is 214 g/mol. The minimum absolute atomic E-state index is 0.121. The van der Waals surface area contributed by atoms with Crippen LogP contribution in [0.15, 0.2) is 23.2 Å². The molecular formula is C9H14N2O2S. The molecule has 1 aromatic heterocycles. The van der Waals surface area contributed by atoms with Crippen molar-refractivity contribution in [2.45, 2.75) is 18.4 Å². The van der Waals surface area contributed by atoms with Crippen molar-refractivity contribution in [3.8, 4) is 0 Å². The third kappa shape index (κ3) is 2.52. The van der Waals surface area contributed by atoms with Crippen LogP contribution >= 0.6 is 0 Å². The van der Waals surface area contributed by atoms with Crippen molar-refractivity contribution in [1.82, 2.24) is 10.3 Å². The van der Waals surface area contributed by atoms with Gasteiger partial charge in [-0.1, -0.05) is 6.92 Å². The highest BCUT2D eigenvalue weighted by molar-refractivity contribution is 7.91. The van der Waals surface area contributed by atoms with Crippen molar-refractivity contribution in [2.75, 3.05) is 12.8 Å². The van der Waals surface area contributed by atoms with Crippen molar-refractivity contribution in [3.63, 3.8) is 0 Å². The minimum atomic E-state index is -3.11. The lowest BCUT2D eigenvalue weighted by Crippen LogP contribution is -2.09. The summed E-state index contributed by atoms with van der Waals surface area (Å²) in [5, 5.41) is 2.92. The number of pyridine rings is 1. The normalized spacial score (nSPS) is 11.6. The lowest BCUT2D eigenvalue weighted by molar-refractivity contribution is 0.596. The summed E-state index contributed by atoms with van der Waals surface area (Å²) < 4.78 is 23.0. The molecule has 0 spiro atoms. The van der Waals surface area contributed by atoms with Gasteiger partial charge in [0.05, 0.1) is 16.3 Å². The molecule has 1 N–H and O–H groups in total. The van der Waals surface area contributed by atoms with Crippen LogP contribution in [0.2, 0.25) is 0 Å². The maximum Gasteiger partial charge on any atom is 0.178 e. The molecule has 0 atom stereocenters. The van der Waals surface area contributed by atoms with E-state index in [0.717, 1.165) is 5.69 Å². The third-order valence-electron chi connectivity index (χ3n) is 1.89. The number of rotatable bonds is 4. The van der Waals surface area contributed by atoms with Gasteiger partial charge in [0.25, 0.3) is 0 Å². The summed E-state index contributed by atoms with van der Waals surface area (Å²) >= 11 is 0. The third-order valence-corrected chi connectivity index (χ3v) is 3.62. The molecule has 0 aliphatic carbocycles.